The zero-order valence-electron chi connectivity index (χ0n) is 13.2. The Bertz CT molecular complexity index is 403. The van der Waals surface area contributed by atoms with Crippen molar-refractivity contribution in [2.75, 3.05) is 50.7 Å². The minimum Gasteiger partial charge on any atom is -0.369 e. The number of nitrogens with zero attached hydrogens (tertiary/aromatic N) is 2. The topological polar surface area (TPSA) is 18.5 Å². The van der Waals surface area contributed by atoms with Crippen molar-refractivity contribution < 1.29 is 0 Å². The highest BCUT2D eigenvalue weighted by Crippen LogP contribution is 2.20. The van der Waals surface area contributed by atoms with E-state index >= 15 is 0 Å². The highest BCUT2D eigenvalue weighted by Gasteiger charge is 2.16. The van der Waals surface area contributed by atoms with Crippen molar-refractivity contribution in [3.8, 4) is 0 Å². The van der Waals surface area contributed by atoms with Gasteiger partial charge in [-0.05, 0) is 50.7 Å². The molecule has 0 aliphatic carbocycles. The lowest BCUT2D eigenvalue weighted by molar-refractivity contribution is 0.252. The van der Waals surface area contributed by atoms with Crippen LogP contribution in [0.15, 0.2) is 24.3 Å². The van der Waals surface area contributed by atoms with Crippen LogP contribution < -0.4 is 10.2 Å². The Kier molecular flexibility index (Phi) is 7.34. The van der Waals surface area contributed by atoms with E-state index in [2.05, 4.69) is 34.2 Å². The van der Waals surface area contributed by atoms with Gasteiger partial charge in [0.2, 0.25) is 0 Å². The summed E-state index contributed by atoms with van der Waals surface area (Å²) in [5.41, 5.74) is 1.26. The maximum absolute atomic E-state index is 6.07. The van der Waals surface area contributed by atoms with Gasteiger partial charge in [-0.3, -0.25) is 4.90 Å². The van der Waals surface area contributed by atoms with Gasteiger partial charge >= 0.3 is 0 Å². The first-order chi connectivity index (χ1) is 10.3. The third kappa shape index (κ3) is 5.85. The Labute approximate surface area is 134 Å². The molecule has 0 amide bonds. The lowest BCUT2D eigenvalue weighted by Gasteiger charge is -2.36. The number of benzene rings is 1. The Morgan fingerprint density at radius 1 is 1.10 bits per heavy atom. The summed E-state index contributed by atoms with van der Waals surface area (Å²) < 4.78 is 0. The number of halogens is 1. The Hall–Kier alpha value is -0.770. The fraction of sp³-hybridized carbons (Fsp3) is 0.647. The molecule has 3 nitrogen and oxygen atoms in total. The first-order valence-electron chi connectivity index (χ1n) is 8.23. The molecular weight excluding hydrogens is 282 g/mol. The van der Waals surface area contributed by atoms with Crippen molar-refractivity contribution in [3.05, 3.63) is 29.3 Å². The van der Waals surface area contributed by atoms with Crippen LogP contribution in [0.4, 0.5) is 5.69 Å². The van der Waals surface area contributed by atoms with E-state index in [9.17, 15) is 0 Å². The smallest absolute Gasteiger partial charge is 0.0426 e. The molecule has 0 unspecified atom stereocenters. The number of anilines is 1. The molecule has 1 heterocycles. The number of rotatable bonds is 8. The van der Waals surface area contributed by atoms with Crippen LogP contribution in [0.5, 0.6) is 0 Å². The molecule has 1 saturated heterocycles. The maximum Gasteiger partial charge on any atom is 0.0426 e. The van der Waals surface area contributed by atoms with Crippen LogP contribution in [0, 0.1) is 0 Å². The molecule has 4 heteroatoms. The van der Waals surface area contributed by atoms with Gasteiger partial charge in [-0.2, -0.15) is 0 Å². The summed E-state index contributed by atoms with van der Waals surface area (Å²) in [6, 6.07) is 8.20. The first kappa shape index (κ1) is 16.6. The molecule has 1 fully saturated rings. The number of hydrogen-bond acceptors (Lipinski definition) is 3. The average Bonchev–Trinajstić information content (AvgIpc) is 2.51. The number of piperazine rings is 1. The summed E-state index contributed by atoms with van der Waals surface area (Å²) in [6.45, 7) is 10.2. The van der Waals surface area contributed by atoms with Crippen LogP contribution in [0.1, 0.15) is 26.2 Å². The van der Waals surface area contributed by atoms with Crippen molar-refractivity contribution in [2.45, 2.75) is 26.2 Å². The molecule has 1 aliphatic rings. The molecular formula is C17H28ClN3. The van der Waals surface area contributed by atoms with Gasteiger partial charge in [0.05, 0.1) is 0 Å². The molecule has 1 aromatic rings. The summed E-state index contributed by atoms with van der Waals surface area (Å²) in [4.78, 5) is 5.03. The van der Waals surface area contributed by atoms with E-state index in [-0.39, 0.29) is 0 Å². The Balaban J connectivity index is 1.62. The van der Waals surface area contributed by atoms with Gasteiger partial charge in [-0.1, -0.05) is 31.0 Å². The van der Waals surface area contributed by atoms with Crippen LogP contribution in [0.3, 0.4) is 0 Å². The van der Waals surface area contributed by atoms with Crippen LogP contribution in [-0.2, 0) is 0 Å². The Morgan fingerprint density at radius 2 is 1.90 bits per heavy atom. The van der Waals surface area contributed by atoms with E-state index in [0.29, 0.717) is 0 Å². The Morgan fingerprint density at radius 3 is 2.62 bits per heavy atom. The van der Waals surface area contributed by atoms with Crippen molar-refractivity contribution >= 4 is 17.3 Å². The fourth-order valence-corrected chi connectivity index (χ4v) is 3.03. The lowest BCUT2D eigenvalue weighted by Crippen LogP contribution is -2.46. The second kappa shape index (κ2) is 9.29. The minimum atomic E-state index is 0.829. The van der Waals surface area contributed by atoms with E-state index in [0.717, 1.165) is 24.7 Å². The molecule has 2 rings (SSSR count). The maximum atomic E-state index is 6.07. The standard InChI is InChI=1S/C17H28ClN3/c1-2-19-9-4-3-5-10-20-11-13-21(14-12-20)17-8-6-7-16(18)15-17/h6-8,15,19H,2-5,9-14H2,1H3. The van der Waals surface area contributed by atoms with Crippen molar-refractivity contribution in [1.82, 2.24) is 10.2 Å². The second-order valence-electron chi connectivity index (χ2n) is 5.72. The third-order valence-corrected chi connectivity index (χ3v) is 4.36. The van der Waals surface area contributed by atoms with Gasteiger partial charge in [-0.25, -0.2) is 0 Å². The lowest BCUT2D eigenvalue weighted by atomic mass is 10.2. The number of unbranched alkanes of at least 4 members (excludes halogenated alkanes) is 2. The molecule has 0 radical (unpaired) electrons. The van der Waals surface area contributed by atoms with Crippen molar-refractivity contribution in [3.63, 3.8) is 0 Å². The van der Waals surface area contributed by atoms with Crippen LogP contribution in [0.25, 0.3) is 0 Å². The van der Waals surface area contributed by atoms with Gasteiger partial charge in [0.1, 0.15) is 0 Å². The molecule has 0 atom stereocenters. The average molecular weight is 310 g/mol. The van der Waals surface area contributed by atoms with E-state index in [4.69, 9.17) is 11.6 Å². The molecule has 21 heavy (non-hydrogen) atoms. The quantitative estimate of drug-likeness (QED) is 0.744. The number of hydrogen-bond donors (Lipinski definition) is 1. The monoisotopic (exact) mass is 309 g/mol. The van der Waals surface area contributed by atoms with Gasteiger partial charge in [0.25, 0.3) is 0 Å². The van der Waals surface area contributed by atoms with E-state index in [1.165, 1.54) is 51.1 Å². The molecule has 0 spiro atoms. The van der Waals surface area contributed by atoms with Crippen LogP contribution in [0.2, 0.25) is 5.02 Å². The predicted octanol–water partition coefficient (Wildman–Crippen LogP) is 3.24. The van der Waals surface area contributed by atoms with Crippen LogP contribution >= 0.6 is 11.6 Å². The zero-order valence-corrected chi connectivity index (χ0v) is 13.9. The van der Waals surface area contributed by atoms with E-state index < -0.39 is 0 Å². The SMILES string of the molecule is CCNCCCCCN1CCN(c2cccc(Cl)c2)CC1. The predicted molar refractivity (Wildman–Crippen MR) is 92.5 cm³/mol. The molecule has 1 N–H and O–H groups in total. The summed E-state index contributed by atoms with van der Waals surface area (Å²) in [5.74, 6) is 0. The molecule has 118 valence electrons. The van der Waals surface area contributed by atoms with Crippen molar-refractivity contribution in [1.29, 1.82) is 0 Å². The summed E-state index contributed by atoms with van der Waals surface area (Å²) in [5, 5.41) is 4.21. The largest absolute Gasteiger partial charge is 0.369 e. The van der Waals surface area contributed by atoms with Gasteiger partial charge in [0.15, 0.2) is 0 Å². The highest BCUT2D eigenvalue weighted by molar-refractivity contribution is 6.30. The fourth-order valence-electron chi connectivity index (χ4n) is 2.84. The molecule has 0 bridgehead atoms. The first-order valence-corrected chi connectivity index (χ1v) is 8.61. The zero-order chi connectivity index (χ0) is 14.9. The highest BCUT2D eigenvalue weighted by atomic mass is 35.5. The van der Waals surface area contributed by atoms with Crippen LogP contribution in [-0.4, -0.2) is 50.7 Å². The summed E-state index contributed by atoms with van der Waals surface area (Å²) in [7, 11) is 0. The molecule has 1 aliphatic heterocycles. The molecule has 0 aromatic heterocycles. The molecule has 0 saturated carbocycles. The minimum absolute atomic E-state index is 0.829. The second-order valence-corrected chi connectivity index (χ2v) is 6.16. The summed E-state index contributed by atoms with van der Waals surface area (Å²) >= 11 is 6.07. The summed E-state index contributed by atoms with van der Waals surface area (Å²) in [6.07, 6.45) is 3.96. The van der Waals surface area contributed by atoms with Gasteiger partial charge in [-0.15, -0.1) is 0 Å². The van der Waals surface area contributed by atoms with Gasteiger partial charge in [0, 0.05) is 36.9 Å². The third-order valence-electron chi connectivity index (χ3n) is 4.12. The van der Waals surface area contributed by atoms with Crippen molar-refractivity contribution in [2.24, 2.45) is 0 Å². The van der Waals surface area contributed by atoms with E-state index in [1.54, 1.807) is 0 Å². The normalized spacial score (nSPS) is 16.4. The van der Waals surface area contributed by atoms with E-state index in [1.807, 2.05) is 12.1 Å². The number of nitrogens with one attached hydrogen (secondary N) is 1. The van der Waals surface area contributed by atoms with Gasteiger partial charge < -0.3 is 10.2 Å². The molecule has 1 aromatic carbocycles.